The maximum Gasteiger partial charge on any atom is 0.232 e. The van der Waals surface area contributed by atoms with Crippen LogP contribution in [0.3, 0.4) is 0 Å². The summed E-state index contributed by atoms with van der Waals surface area (Å²) in [6.07, 6.45) is 3.47. The minimum absolute atomic E-state index is 0.350. The number of imidazole rings is 1. The van der Waals surface area contributed by atoms with Crippen molar-refractivity contribution < 1.29 is 13.9 Å². The number of benzene rings is 2. The molecule has 3 heterocycles. The second-order valence-electron chi connectivity index (χ2n) is 7.36. The maximum atomic E-state index is 14.7. The van der Waals surface area contributed by atoms with Crippen LogP contribution in [0.15, 0.2) is 42.6 Å². The Morgan fingerprint density at radius 1 is 1.10 bits per heavy atom. The average molecular weight is 439 g/mol. The Hall–Kier alpha value is -3.03. The molecule has 0 saturated heterocycles. The van der Waals surface area contributed by atoms with Crippen LogP contribution in [0.25, 0.3) is 33.5 Å². The smallest absolute Gasteiger partial charge is 0.232 e. The lowest BCUT2D eigenvalue weighted by molar-refractivity contribution is 0.143. The van der Waals surface area contributed by atoms with Gasteiger partial charge in [-0.1, -0.05) is 17.7 Å². The molecular formula is C23H20ClFN4O2. The van der Waals surface area contributed by atoms with Crippen LogP contribution in [0.2, 0.25) is 5.02 Å². The van der Waals surface area contributed by atoms with Gasteiger partial charge in [-0.25, -0.2) is 19.3 Å². The van der Waals surface area contributed by atoms with Crippen molar-refractivity contribution in [2.24, 2.45) is 0 Å². The Morgan fingerprint density at radius 3 is 2.87 bits per heavy atom. The summed E-state index contributed by atoms with van der Waals surface area (Å²) in [6, 6.07) is 10.4. The number of aryl methyl sites for hydroxylation is 1. The van der Waals surface area contributed by atoms with E-state index in [1.807, 2.05) is 18.2 Å². The summed E-state index contributed by atoms with van der Waals surface area (Å²) < 4.78 is 27.5. The van der Waals surface area contributed by atoms with Gasteiger partial charge in [-0.15, -0.1) is 0 Å². The maximum absolute atomic E-state index is 14.7. The number of nitrogens with zero attached hydrogens (tertiary/aromatic N) is 4. The highest BCUT2D eigenvalue weighted by Gasteiger charge is 2.25. The number of aromatic nitrogens is 4. The number of fused-ring (bicyclic) bond motifs is 2. The molecule has 0 fully saturated rings. The molecular weight excluding hydrogens is 419 g/mol. The SMILES string of the molecule is COCCOc1cnc2ccc(-c3c(-c4cc(Cl)ccc4F)nc4n3CCC4)cc2n1. The van der Waals surface area contributed by atoms with Gasteiger partial charge in [0.2, 0.25) is 5.88 Å². The molecule has 0 radical (unpaired) electrons. The Bertz CT molecular complexity index is 1270. The molecule has 2 aromatic heterocycles. The molecule has 0 saturated carbocycles. The first-order valence-corrected chi connectivity index (χ1v) is 10.5. The van der Waals surface area contributed by atoms with Gasteiger partial charge < -0.3 is 14.0 Å². The first-order chi connectivity index (χ1) is 15.1. The second kappa shape index (κ2) is 8.24. The lowest BCUT2D eigenvalue weighted by Gasteiger charge is -2.11. The van der Waals surface area contributed by atoms with E-state index in [-0.39, 0.29) is 5.82 Å². The van der Waals surface area contributed by atoms with E-state index in [4.69, 9.17) is 26.1 Å². The third kappa shape index (κ3) is 3.75. The summed E-state index contributed by atoms with van der Waals surface area (Å²) in [5, 5.41) is 0.470. The van der Waals surface area contributed by atoms with Gasteiger partial charge in [-0.2, -0.15) is 0 Å². The average Bonchev–Trinajstić information content (AvgIpc) is 3.36. The zero-order valence-corrected chi connectivity index (χ0v) is 17.7. The lowest BCUT2D eigenvalue weighted by atomic mass is 10.0. The van der Waals surface area contributed by atoms with E-state index in [0.29, 0.717) is 40.9 Å². The van der Waals surface area contributed by atoms with Crippen molar-refractivity contribution >= 4 is 22.6 Å². The molecule has 1 aliphatic heterocycles. The largest absolute Gasteiger partial charge is 0.474 e. The van der Waals surface area contributed by atoms with Crippen LogP contribution < -0.4 is 4.74 Å². The summed E-state index contributed by atoms with van der Waals surface area (Å²) in [6.45, 7) is 1.70. The van der Waals surface area contributed by atoms with Crippen molar-refractivity contribution in [2.75, 3.05) is 20.3 Å². The molecule has 8 heteroatoms. The zero-order valence-electron chi connectivity index (χ0n) is 16.9. The zero-order chi connectivity index (χ0) is 21.4. The first-order valence-electron chi connectivity index (χ1n) is 10.1. The van der Waals surface area contributed by atoms with Gasteiger partial charge >= 0.3 is 0 Å². The standard InChI is InChI=1S/C23H20ClFN4O2/c1-30-9-10-31-21-13-26-18-7-4-14(11-19(18)27-21)23-22(28-20-3-2-8-29(20)23)16-12-15(24)5-6-17(16)25/h4-7,11-13H,2-3,8-10H2,1H3. The summed E-state index contributed by atoms with van der Waals surface area (Å²) in [5.41, 5.74) is 4.19. The molecule has 158 valence electrons. The van der Waals surface area contributed by atoms with Crippen LogP contribution in [0.1, 0.15) is 12.2 Å². The third-order valence-corrected chi connectivity index (χ3v) is 5.58. The Labute approximate surface area is 183 Å². The Morgan fingerprint density at radius 2 is 2.00 bits per heavy atom. The van der Waals surface area contributed by atoms with E-state index in [9.17, 15) is 4.39 Å². The van der Waals surface area contributed by atoms with E-state index < -0.39 is 0 Å². The summed E-state index contributed by atoms with van der Waals surface area (Å²) in [7, 11) is 1.62. The van der Waals surface area contributed by atoms with Crippen molar-refractivity contribution in [1.29, 1.82) is 0 Å². The number of hydrogen-bond acceptors (Lipinski definition) is 5. The highest BCUT2D eigenvalue weighted by Crippen LogP contribution is 2.38. The summed E-state index contributed by atoms with van der Waals surface area (Å²) in [5.74, 6) is 1.03. The number of halogens is 2. The van der Waals surface area contributed by atoms with Crippen LogP contribution in [0.4, 0.5) is 4.39 Å². The Balaban J connectivity index is 1.63. The molecule has 5 rings (SSSR count). The molecule has 0 spiro atoms. The summed E-state index contributed by atoms with van der Waals surface area (Å²) >= 11 is 6.16. The highest BCUT2D eigenvalue weighted by atomic mass is 35.5. The molecule has 2 aromatic carbocycles. The van der Waals surface area contributed by atoms with Crippen LogP contribution in [0, 0.1) is 5.82 Å². The second-order valence-corrected chi connectivity index (χ2v) is 7.79. The summed E-state index contributed by atoms with van der Waals surface area (Å²) in [4.78, 5) is 13.8. The fourth-order valence-electron chi connectivity index (χ4n) is 3.93. The number of ether oxygens (including phenoxy) is 2. The molecule has 0 atom stereocenters. The monoisotopic (exact) mass is 438 g/mol. The van der Waals surface area contributed by atoms with Gasteiger partial charge in [0.25, 0.3) is 0 Å². The van der Waals surface area contributed by atoms with Gasteiger partial charge in [0.1, 0.15) is 18.2 Å². The van der Waals surface area contributed by atoms with Crippen LogP contribution in [-0.2, 0) is 17.7 Å². The van der Waals surface area contributed by atoms with E-state index in [2.05, 4.69) is 14.5 Å². The molecule has 0 unspecified atom stereocenters. The topological polar surface area (TPSA) is 62.1 Å². The molecule has 0 amide bonds. The van der Waals surface area contributed by atoms with Gasteiger partial charge in [0, 0.05) is 36.2 Å². The highest BCUT2D eigenvalue weighted by molar-refractivity contribution is 6.30. The molecule has 0 bridgehead atoms. The van der Waals surface area contributed by atoms with Gasteiger partial charge in [0.05, 0.1) is 35.2 Å². The Kier molecular flexibility index (Phi) is 5.29. The number of rotatable bonds is 6. The van der Waals surface area contributed by atoms with Crippen molar-refractivity contribution in [3.8, 4) is 28.4 Å². The molecule has 1 aliphatic rings. The van der Waals surface area contributed by atoms with Gasteiger partial charge in [-0.3, -0.25) is 0 Å². The molecule has 6 nitrogen and oxygen atoms in total. The number of methoxy groups -OCH3 is 1. The van der Waals surface area contributed by atoms with Crippen LogP contribution in [-0.4, -0.2) is 39.8 Å². The minimum Gasteiger partial charge on any atom is -0.474 e. The van der Waals surface area contributed by atoms with E-state index >= 15 is 0 Å². The molecule has 0 N–H and O–H groups in total. The van der Waals surface area contributed by atoms with E-state index in [0.717, 1.165) is 42.0 Å². The molecule has 31 heavy (non-hydrogen) atoms. The lowest BCUT2D eigenvalue weighted by Crippen LogP contribution is -2.05. The first kappa shape index (κ1) is 19.9. The van der Waals surface area contributed by atoms with Gasteiger partial charge in [0.15, 0.2) is 0 Å². The van der Waals surface area contributed by atoms with E-state index in [1.54, 1.807) is 25.4 Å². The van der Waals surface area contributed by atoms with Crippen LogP contribution in [0.5, 0.6) is 5.88 Å². The van der Waals surface area contributed by atoms with Gasteiger partial charge in [-0.05, 0) is 36.8 Å². The fourth-order valence-corrected chi connectivity index (χ4v) is 4.10. The fraction of sp³-hybridized carbons (Fsp3) is 0.261. The quantitative estimate of drug-likeness (QED) is 0.400. The predicted octanol–water partition coefficient (Wildman–Crippen LogP) is 4.92. The normalized spacial score (nSPS) is 13.0. The van der Waals surface area contributed by atoms with Crippen molar-refractivity contribution in [3.63, 3.8) is 0 Å². The molecule has 4 aromatic rings. The van der Waals surface area contributed by atoms with Crippen molar-refractivity contribution in [2.45, 2.75) is 19.4 Å². The van der Waals surface area contributed by atoms with Crippen LogP contribution >= 0.6 is 11.6 Å². The molecule has 0 aliphatic carbocycles. The third-order valence-electron chi connectivity index (χ3n) is 5.34. The number of hydrogen-bond donors (Lipinski definition) is 0. The van der Waals surface area contributed by atoms with E-state index in [1.165, 1.54) is 6.07 Å². The minimum atomic E-state index is -0.350. The van der Waals surface area contributed by atoms with Crippen molar-refractivity contribution in [3.05, 3.63) is 59.3 Å². The predicted molar refractivity (Wildman–Crippen MR) is 117 cm³/mol. The van der Waals surface area contributed by atoms with Crippen molar-refractivity contribution in [1.82, 2.24) is 19.5 Å².